The van der Waals surface area contributed by atoms with Crippen LogP contribution in [0.3, 0.4) is 0 Å². The summed E-state index contributed by atoms with van der Waals surface area (Å²) < 4.78 is 90.5. The minimum atomic E-state index is -3.92. The third-order valence-corrected chi connectivity index (χ3v) is 7.10. The largest absolute Gasteiger partial charge is 0.453 e. The molecule has 0 radical (unpaired) electrons. The van der Waals surface area contributed by atoms with Crippen LogP contribution in [0.4, 0.5) is 26.3 Å². The average Bonchev–Trinajstić information content (AvgIpc) is 2.92. The van der Waals surface area contributed by atoms with Crippen LogP contribution in [-0.4, -0.2) is 0 Å². The molecule has 4 rings (SSSR count). The van der Waals surface area contributed by atoms with E-state index in [0.717, 1.165) is 29.2 Å². The molecule has 3 aromatic rings. The van der Waals surface area contributed by atoms with Gasteiger partial charge in [0.25, 0.3) is 0 Å². The normalized spacial score (nSPS) is 17.6. The Labute approximate surface area is 229 Å². The van der Waals surface area contributed by atoms with Gasteiger partial charge in [-0.1, -0.05) is 68.3 Å². The Kier molecular flexibility index (Phi) is 9.61. The molecule has 0 N–H and O–H groups in total. The van der Waals surface area contributed by atoms with E-state index in [-0.39, 0.29) is 6.26 Å². The molecule has 0 heterocycles. The summed E-state index contributed by atoms with van der Waals surface area (Å²) in [5, 5.41) is 0. The number of hydrogen-bond donors (Lipinski definition) is 0. The zero-order valence-corrected chi connectivity index (χ0v) is 22.0. The Hall–Kier alpha value is -3.68. The fourth-order valence-corrected chi connectivity index (χ4v) is 4.99. The summed E-state index contributed by atoms with van der Waals surface area (Å²) in [5.41, 5.74) is 2.08. The van der Waals surface area contributed by atoms with Crippen molar-refractivity contribution in [1.82, 2.24) is 0 Å². The van der Waals surface area contributed by atoms with Crippen molar-refractivity contribution in [3.05, 3.63) is 102 Å². The average molecular weight is 561 g/mol. The number of rotatable bonds is 10. The van der Waals surface area contributed by atoms with Crippen molar-refractivity contribution in [3.63, 3.8) is 0 Å². The van der Waals surface area contributed by atoms with Crippen LogP contribution in [0, 0.1) is 23.5 Å². The monoisotopic (exact) mass is 560 g/mol. The van der Waals surface area contributed by atoms with Crippen molar-refractivity contribution >= 4 is 6.08 Å². The predicted molar refractivity (Wildman–Crippen MR) is 143 cm³/mol. The minimum absolute atomic E-state index is 0.165. The number of allylic oxidation sites excluding steroid dienone is 1. The van der Waals surface area contributed by atoms with Gasteiger partial charge in [-0.25, -0.2) is 8.78 Å². The fourth-order valence-electron chi connectivity index (χ4n) is 4.99. The maximum atomic E-state index is 14.7. The molecule has 0 aliphatic heterocycles. The molecule has 0 aromatic heterocycles. The Morgan fingerprint density at radius 3 is 2.00 bits per heavy atom. The molecule has 0 amide bonds. The Morgan fingerprint density at radius 1 is 0.875 bits per heavy atom. The quantitative estimate of drug-likeness (QED) is 0.181. The van der Waals surface area contributed by atoms with Crippen molar-refractivity contribution in [2.45, 2.75) is 51.6 Å². The second-order valence-corrected chi connectivity index (χ2v) is 9.99. The smallest absolute Gasteiger partial charge is 0.426 e. The number of ether oxygens (including phenoxy) is 2. The van der Waals surface area contributed by atoms with Gasteiger partial charge in [-0.2, -0.15) is 17.6 Å². The predicted octanol–water partition coefficient (Wildman–Crippen LogP) is 10.5. The Balaban J connectivity index is 1.38. The molecule has 212 valence electrons. The lowest BCUT2D eigenvalue weighted by Crippen LogP contribution is -2.22. The van der Waals surface area contributed by atoms with Crippen LogP contribution in [0.2, 0.25) is 0 Å². The van der Waals surface area contributed by atoms with Gasteiger partial charge >= 0.3 is 12.2 Å². The van der Waals surface area contributed by atoms with Gasteiger partial charge in [-0.3, -0.25) is 0 Å². The molecule has 3 aromatic carbocycles. The highest BCUT2D eigenvalue weighted by atomic mass is 19.3. The van der Waals surface area contributed by atoms with E-state index >= 15 is 0 Å². The van der Waals surface area contributed by atoms with E-state index in [2.05, 4.69) is 28.5 Å². The van der Waals surface area contributed by atoms with E-state index in [0.29, 0.717) is 23.6 Å². The van der Waals surface area contributed by atoms with Crippen LogP contribution in [0.25, 0.3) is 17.2 Å². The highest BCUT2D eigenvalue weighted by Gasteiger charge is 2.35. The molecule has 0 atom stereocenters. The first-order valence-electron chi connectivity index (χ1n) is 13.3. The van der Waals surface area contributed by atoms with Crippen LogP contribution < -0.4 is 9.47 Å². The van der Waals surface area contributed by atoms with Gasteiger partial charge in [0.2, 0.25) is 0 Å². The maximum Gasteiger partial charge on any atom is 0.426 e. The van der Waals surface area contributed by atoms with E-state index in [1.54, 1.807) is 0 Å². The molecule has 1 aliphatic rings. The third-order valence-electron chi connectivity index (χ3n) is 7.10. The molecule has 0 saturated heterocycles. The zero-order chi connectivity index (χ0) is 28.7. The van der Waals surface area contributed by atoms with Crippen molar-refractivity contribution in [3.8, 4) is 22.6 Å². The van der Waals surface area contributed by atoms with Crippen molar-refractivity contribution in [2.75, 3.05) is 0 Å². The molecule has 0 spiro atoms. The molecular formula is C32H30F6O2. The summed E-state index contributed by atoms with van der Waals surface area (Å²) in [4.78, 5) is 0. The van der Waals surface area contributed by atoms with Gasteiger partial charge in [-0.05, 0) is 66.3 Å². The number of benzene rings is 3. The van der Waals surface area contributed by atoms with E-state index in [1.807, 2.05) is 24.3 Å². The summed E-state index contributed by atoms with van der Waals surface area (Å²) in [6.45, 7) is 2.24. The van der Waals surface area contributed by atoms with E-state index < -0.39 is 40.9 Å². The van der Waals surface area contributed by atoms with Crippen LogP contribution in [0.5, 0.6) is 11.5 Å². The number of hydrogen-bond acceptors (Lipinski definition) is 2. The third kappa shape index (κ3) is 7.71. The molecule has 1 saturated carbocycles. The van der Waals surface area contributed by atoms with Crippen LogP contribution in [-0.2, 0) is 6.11 Å². The summed E-state index contributed by atoms with van der Waals surface area (Å²) in [6, 6.07) is 14.0. The molecule has 1 fully saturated rings. The van der Waals surface area contributed by atoms with Crippen LogP contribution >= 0.6 is 0 Å². The highest BCUT2D eigenvalue weighted by molar-refractivity contribution is 5.66. The molecular weight excluding hydrogens is 530 g/mol. The van der Waals surface area contributed by atoms with Gasteiger partial charge in [0, 0.05) is 12.1 Å². The van der Waals surface area contributed by atoms with Crippen LogP contribution in [0.15, 0.2) is 79.1 Å². The van der Waals surface area contributed by atoms with Gasteiger partial charge in [0.05, 0.1) is 5.56 Å². The topological polar surface area (TPSA) is 18.5 Å². The summed E-state index contributed by atoms with van der Waals surface area (Å²) >= 11 is 0. The highest BCUT2D eigenvalue weighted by Crippen LogP contribution is 2.36. The van der Waals surface area contributed by atoms with Gasteiger partial charge in [0.15, 0.2) is 23.6 Å². The molecule has 0 bridgehead atoms. The summed E-state index contributed by atoms with van der Waals surface area (Å²) in [5.74, 6) is -3.48. The second-order valence-electron chi connectivity index (χ2n) is 9.99. The first-order chi connectivity index (χ1) is 19.1. The van der Waals surface area contributed by atoms with E-state index in [1.165, 1.54) is 50.7 Å². The number of alkyl halides is 2. The first-order valence-corrected chi connectivity index (χ1v) is 13.3. The first kappa shape index (κ1) is 29.3. The lowest BCUT2D eigenvalue weighted by atomic mass is 9.80. The van der Waals surface area contributed by atoms with Gasteiger partial charge in [0.1, 0.15) is 5.75 Å². The summed E-state index contributed by atoms with van der Waals surface area (Å²) in [6.07, 6.45) is 5.61. The van der Waals surface area contributed by atoms with Crippen molar-refractivity contribution in [1.29, 1.82) is 0 Å². The Bertz CT molecular complexity index is 1300. The Morgan fingerprint density at radius 2 is 1.45 bits per heavy atom. The molecule has 0 unspecified atom stereocenters. The molecule has 2 nitrogen and oxygen atoms in total. The lowest BCUT2D eigenvalue weighted by molar-refractivity contribution is -0.185. The second kappa shape index (κ2) is 13.1. The molecule has 1 aliphatic carbocycles. The van der Waals surface area contributed by atoms with E-state index in [9.17, 15) is 26.3 Å². The lowest BCUT2D eigenvalue weighted by Gasteiger charge is -2.26. The number of halogens is 6. The zero-order valence-electron chi connectivity index (χ0n) is 22.0. The molecule has 8 heteroatoms. The minimum Gasteiger partial charge on any atom is -0.453 e. The van der Waals surface area contributed by atoms with Gasteiger partial charge < -0.3 is 9.47 Å². The van der Waals surface area contributed by atoms with Gasteiger partial charge in [-0.15, -0.1) is 0 Å². The van der Waals surface area contributed by atoms with E-state index in [4.69, 9.17) is 0 Å². The fraction of sp³-hybridized carbons (Fsp3) is 0.312. The maximum absolute atomic E-state index is 14.7. The van der Waals surface area contributed by atoms with Crippen LogP contribution in [0.1, 0.15) is 56.6 Å². The van der Waals surface area contributed by atoms with Crippen molar-refractivity contribution in [2.24, 2.45) is 11.8 Å². The summed E-state index contributed by atoms with van der Waals surface area (Å²) in [7, 11) is 0. The SMILES string of the molecule is CCCC1CCC(C=Cc2ccc(-c3ccc(C(F)(F)Oc4cc(F)c(OC=C(F)F)c(F)c4)cc3)cc2)CC1. The standard InChI is InChI=1S/C32H30F6O2/c1-2-3-21-4-6-22(7-5-21)8-9-23-10-12-24(13-11-23)25-14-16-26(17-15-25)32(37,38)40-27-18-28(33)31(29(34)19-27)39-20-30(35)36/h8-22H,2-7H2,1H3. The van der Waals surface area contributed by atoms with Crippen molar-refractivity contribution < 1.29 is 35.8 Å². The molecule has 40 heavy (non-hydrogen) atoms.